The van der Waals surface area contributed by atoms with E-state index in [4.69, 9.17) is 10.2 Å². The minimum Gasteiger partial charge on any atom is -0.480 e. The molecule has 0 fully saturated rings. The fourth-order valence-electron chi connectivity index (χ4n) is 1.47. The van der Waals surface area contributed by atoms with E-state index in [9.17, 15) is 9.59 Å². The van der Waals surface area contributed by atoms with E-state index in [0.717, 1.165) is 5.56 Å². The summed E-state index contributed by atoms with van der Waals surface area (Å²) in [6, 6.07) is 2.04. The molecule has 0 aliphatic heterocycles. The summed E-state index contributed by atoms with van der Waals surface area (Å²) in [6.45, 7) is 0.0928. The molecule has 7 nitrogen and oxygen atoms in total. The zero-order valence-corrected chi connectivity index (χ0v) is 10.4. The van der Waals surface area contributed by atoms with Gasteiger partial charge < -0.3 is 20.8 Å². The second kappa shape index (κ2) is 8.04. The van der Waals surface area contributed by atoms with Crippen molar-refractivity contribution in [3.8, 4) is 0 Å². The fourth-order valence-corrected chi connectivity index (χ4v) is 1.47. The van der Waals surface area contributed by atoms with Crippen LogP contribution < -0.4 is 10.6 Å². The number of amides is 2. The zero-order chi connectivity index (χ0) is 14.1. The van der Waals surface area contributed by atoms with E-state index < -0.39 is 18.0 Å². The summed E-state index contributed by atoms with van der Waals surface area (Å²) in [5, 5.41) is 22.3. The van der Waals surface area contributed by atoms with Crippen molar-refractivity contribution in [1.82, 2.24) is 15.6 Å². The average Bonchev–Trinajstić information content (AvgIpc) is 2.39. The number of carbonyl (C=O) groups is 2. The van der Waals surface area contributed by atoms with Gasteiger partial charge in [-0.05, 0) is 24.1 Å². The molecule has 1 atom stereocenters. The molecule has 1 rings (SSSR count). The van der Waals surface area contributed by atoms with Crippen molar-refractivity contribution >= 4 is 12.0 Å². The van der Waals surface area contributed by atoms with Gasteiger partial charge in [0.15, 0.2) is 0 Å². The van der Waals surface area contributed by atoms with Crippen molar-refractivity contribution in [3.63, 3.8) is 0 Å². The van der Waals surface area contributed by atoms with Crippen molar-refractivity contribution in [3.05, 3.63) is 30.1 Å². The molecular formula is C12H17N3O4. The molecule has 0 aliphatic rings. The van der Waals surface area contributed by atoms with Crippen LogP contribution in [0.15, 0.2) is 24.5 Å². The molecule has 1 aromatic rings. The lowest BCUT2D eigenvalue weighted by molar-refractivity contribution is -0.139. The van der Waals surface area contributed by atoms with Crippen molar-refractivity contribution < 1.29 is 19.8 Å². The minimum absolute atomic E-state index is 0.0207. The summed E-state index contributed by atoms with van der Waals surface area (Å²) in [6.07, 6.45) is 3.94. The van der Waals surface area contributed by atoms with Crippen LogP contribution in [0.1, 0.15) is 12.0 Å². The Kier molecular flexibility index (Phi) is 6.31. The second-order valence-electron chi connectivity index (χ2n) is 3.91. The molecule has 104 valence electrons. The standard InChI is InChI=1S/C12H17N3O4/c16-8-4-10(11(17)18)15-12(19)14-7-3-9-1-5-13-6-2-9/h1-2,5-6,10,16H,3-4,7-8H2,(H,17,18)(H2,14,15,19)/t10-/m1/s1. The Hall–Kier alpha value is -2.15. The Morgan fingerprint density at radius 3 is 2.58 bits per heavy atom. The first-order valence-corrected chi connectivity index (χ1v) is 5.90. The van der Waals surface area contributed by atoms with Crippen molar-refractivity contribution in [2.75, 3.05) is 13.2 Å². The lowest BCUT2D eigenvalue weighted by Crippen LogP contribution is -2.46. The summed E-state index contributed by atoms with van der Waals surface area (Å²) in [7, 11) is 0. The van der Waals surface area contributed by atoms with Crippen LogP contribution in [0.25, 0.3) is 0 Å². The molecule has 0 bridgehead atoms. The Labute approximate surface area is 110 Å². The van der Waals surface area contributed by atoms with Crippen molar-refractivity contribution in [2.45, 2.75) is 18.9 Å². The number of pyridine rings is 1. The summed E-state index contributed by atoms with van der Waals surface area (Å²) < 4.78 is 0. The number of rotatable bonds is 7. The van der Waals surface area contributed by atoms with Gasteiger partial charge in [-0.3, -0.25) is 4.98 Å². The van der Waals surface area contributed by atoms with Gasteiger partial charge in [-0.15, -0.1) is 0 Å². The molecule has 0 radical (unpaired) electrons. The number of nitrogens with zero attached hydrogens (tertiary/aromatic N) is 1. The summed E-state index contributed by atoms with van der Waals surface area (Å²) in [4.78, 5) is 26.1. The molecule has 7 heteroatoms. The van der Waals surface area contributed by atoms with Gasteiger partial charge in [0.2, 0.25) is 0 Å². The van der Waals surface area contributed by atoms with Gasteiger partial charge >= 0.3 is 12.0 Å². The minimum atomic E-state index is -1.17. The van der Waals surface area contributed by atoms with Crippen LogP contribution in [0.5, 0.6) is 0 Å². The van der Waals surface area contributed by atoms with E-state index in [1.165, 1.54) is 0 Å². The molecule has 0 spiro atoms. The molecule has 0 aliphatic carbocycles. The lowest BCUT2D eigenvalue weighted by atomic mass is 10.2. The van der Waals surface area contributed by atoms with E-state index in [0.29, 0.717) is 13.0 Å². The van der Waals surface area contributed by atoms with Crippen molar-refractivity contribution in [2.24, 2.45) is 0 Å². The van der Waals surface area contributed by atoms with E-state index in [1.54, 1.807) is 12.4 Å². The molecular weight excluding hydrogens is 250 g/mol. The maximum absolute atomic E-state index is 11.4. The van der Waals surface area contributed by atoms with Crippen LogP contribution in [0.3, 0.4) is 0 Å². The molecule has 2 amide bonds. The normalized spacial score (nSPS) is 11.6. The number of nitrogens with one attached hydrogen (secondary N) is 2. The lowest BCUT2D eigenvalue weighted by Gasteiger charge is -2.13. The first kappa shape index (κ1) is 14.9. The van der Waals surface area contributed by atoms with Gasteiger partial charge in [-0.2, -0.15) is 0 Å². The number of aliphatic hydroxyl groups is 1. The molecule has 19 heavy (non-hydrogen) atoms. The molecule has 1 heterocycles. The zero-order valence-electron chi connectivity index (χ0n) is 10.4. The average molecular weight is 267 g/mol. The van der Waals surface area contributed by atoms with Gasteiger partial charge in [0.1, 0.15) is 6.04 Å². The first-order valence-electron chi connectivity index (χ1n) is 5.90. The van der Waals surface area contributed by atoms with Gasteiger partial charge in [-0.25, -0.2) is 9.59 Å². The monoisotopic (exact) mass is 267 g/mol. The van der Waals surface area contributed by atoms with E-state index >= 15 is 0 Å². The third kappa shape index (κ3) is 5.82. The molecule has 1 aromatic heterocycles. The quantitative estimate of drug-likeness (QED) is 0.544. The van der Waals surface area contributed by atoms with Crippen LogP contribution >= 0.6 is 0 Å². The number of carboxylic acids is 1. The number of carboxylic acid groups (broad SMARTS) is 1. The molecule has 4 N–H and O–H groups in total. The number of carbonyl (C=O) groups excluding carboxylic acids is 1. The maximum atomic E-state index is 11.4. The van der Waals surface area contributed by atoms with Crippen LogP contribution in [0.2, 0.25) is 0 Å². The van der Waals surface area contributed by atoms with Gasteiger partial charge in [0, 0.05) is 32.0 Å². The molecule has 0 saturated heterocycles. The third-order valence-corrected chi connectivity index (χ3v) is 2.47. The smallest absolute Gasteiger partial charge is 0.326 e. The summed E-state index contributed by atoms with van der Waals surface area (Å²) >= 11 is 0. The summed E-state index contributed by atoms with van der Waals surface area (Å²) in [5.74, 6) is -1.17. The highest BCUT2D eigenvalue weighted by atomic mass is 16.4. The topological polar surface area (TPSA) is 112 Å². The predicted octanol–water partition coefficient (Wildman–Crippen LogP) is -0.241. The number of aliphatic hydroxyl groups excluding tert-OH is 1. The van der Waals surface area contributed by atoms with Crippen LogP contribution in [0, 0.1) is 0 Å². The van der Waals surface area contributed by atoms with E-state index in [-0.39, 0.29) is 13.0 Å². The molecule has 0 saturated carbocycles. The van der Waals surface area contributed by atoms with Gasteiger partial charge in [0.05, 0.1) is 0 Å². The maximum Gasteiger partial charge on any atom is 0.326 e. The third-order valence-electron chi connectivity index (χ3n) is 2.47. The largest absolute Gasteiger partial charge is 0.480 e. The highest BCUT2D eigenvalue weighted by Crippen LogP contribution is 1.96. The Morgan fingerprint density at radius 1 is 1.32 bits per heavy atom. The van der Waals surface area contributed by atoms with E-state index in [1.807, 2.05) is 12.1 Å². The first-order chi connectivity index (χ1) is 9.13. The number of aliphatic carboxylic acids is 1. The van der Waals surface area contributed by atoms with Crippen LogP contribution in [-0.2, 0) is 11.2 Å². The summed E-state index contributed by atoms with van der Waals surface area (Å²) in [5.41, 5.74) is 1.03. The fraction of sp³-hybridized carbons (Fsp3) is 0.417. The van der Waals surface area contributed by atoms with Gasteiger partial charge in [0.25, 0.3) is 0 Å². The Balaban J connectivity index is 2.29. The number of urea groups is 1. The van der Waals surface area contributed by atoms with Gasteiger partial charge in [-0.1, -0.05) is 0 Å². The second-order valence-corrected chi connectivity index (χ2v) is 3.91. The van der Waals surface area contributed by atoms with Crippen LogP contribution in [0.4, 0.5) is 4.79 Å². The number of hydrogen-bond donors (Lipinski definition) is 4. The predicted molar refractivity (Wildman–Crippen MR) is 67.6 cm³/mol. The number of aromatic nitrogens is 1. The SMILES string of the molecule is O=C(NCCc1ccncc1)N[C@H](CCO)C(=O)O. The molecule has 0 aromatic carbocycles. The van der Waals surface area contributed by atoms with Crippen molar-refractivity contribution in [1.29, 1.82) is 0 Å². The number of hydrogen-bond acceptors (Lipinski definition) is 4. The Bertz CT molecular complexity index is 411. The Morgan fingerprint density at radius 2 is 2.00 bits per heavy atom. The van der Waals surface area contributed by atoms with E-state index in [2.05, 4.69) is 15.6 Å². The van der Waals surface area contributed by atoms with Crippen LogP contribution in [-0.4, -0.2) is 46.4 Å². The molecule has 0 unspecified atom stereocenters. The highest BCUT2D eigenvalue weighted by Gasteiger charge is 2.18. The highest BCUT2D eigenvalue weighted by molar-refractivity contribution is 5.82.